The molecule has 0 fully saturated rings. The fourth-order valence-corrected chi connectivity index (χ4v) is 2.99. The highest BCUT2D eigenvalue weighted by Gasteiger charge is 2.41. The van der Waals surface area contributed by atoms with Gasteiger partial charge in [-0.1, -0.05) is 30.3 Å². The fourth-order valence-electron chi connectivity index (χ4n) is 2.00. The van der Waals surface area contributed by atoms with E-state index in [2.05, 4.69) is 4.72 Å². The highest BCUT2D eigenvalue weighted by Crippen LogP contribution is 2.35. The molecule has 1 aromatic carbocycles. The second-order valence-electron chi connectivity index (χ2n) is 6.78. The minimum atomic E-state index is -1.29. The zero-order chi connectivity index (χ0) is 17.0. The Kier molecular flexibility index (Phi) is 6.32. The van der Waals surface area contributed by atoms with Gasteiger partial charge in [0, 0.05) is 0 Å². The van der Waals surface area contributed by atoms with Crippen molar-refractivity contribution in [1.82, 2.24) is 4.72 Å². The van der Waals surface area contributed by atoms with Crippen molar-refractivity contribution >= 4 is 17.0 Å². The van der Waals surface area contributed by atoms with Crippen molar-refractivity contribution in [2.24, 2.45) is 5.41 Å². The van der Waals surface area contributed by atoms with Crippen LogP contribution in [0.1, 0.15) is 53.1 Å². The van der Waals surface area contributed by atoms with Crippen molar-refractivity contribution < 1.29 is 13.7 Å². The minimum Gasteiger partial charge on any atom is -0.466 e. The van der Waals surface area contributed by atoms with Gasteiger partial charge in [0.15, 0.2) is 0 Å². The molecule has 0 aliphatic carbocycles. The standard InChI is InChI=1S/C17H27NO3S/c1-7-21-15(19)17(5,6)14(13-11-9-8-10-12-13)18-22(20)16(2,3)4/h8-12,14,18H,7H2,1-6H3/t14-,22?/m1/s1. The summed E-state index contributed by atoms with van der Waals surface area (Å²) in [6.45, 7) is 11.4. The average molecular weight is 325 g/mol. The molecular formula is C17H27NO3S. The molecule has 0 amide bonds. The van der Waals surface area contributed by atoms with Gasteiger partial charge in [-0.05, 0) is 47.1 Å². The van der Waals surface area contributed by atoms with E-state index in [-0.39, 0.29) is 5.97 Å². The van der Waals surface area contributed by atoms with Gasteiger partial charge in [-0.2, -0.15) is 0 Å². The van der Waals surface area contributed by atoms with Crippen LogP contribution in [-0.2, 0) is 20.5 Å². The van der Waals surface area contributed by atoms with E-state index in [1.807, 2.05) is 65.0 Å². The first-order valence-corrected chi connectivity index (χ1v) is 8.66. The van der Waals surface area contributed by atoms with Gasteiger partial charge < -0.3 is 4.74 Å². The van der Waals surface area contributed by atoms with Gasteiger partial charge in [0.2, 0.25) is 0 Å². The molecule has 4 nitrogen and oxygen atoms in total. The van der Waals surface area contributed by atoms with Gasteiger partial charge in [-0.3, -0.25) is 4.79 Å². The van der Waals surface area contributed by atoms with E-state index in [0.717, 1.165) is 5.56 Å². The third kappa shape index (κ3) is 4.65. The third-order valence-electron chi connectivity index (χ3n) is 3.44. The molecule has 0 aliphatic rings. The molecule has 22 heavy (non-hydrogen) atoms. The van der Waals surface area contributed by atoms with Crippen LogP contribution in [0.4, 0.5) is 0 Å². The largest absolute Gasteiger partial charge is 0.466 e. The van der Waals surface area contributed by atoms with Crippen molar-refractivity contribution in [3.63, 3.8) is 0 Å². The van der Waals surface area contributed by atoms with Crippen LogP contribution in [0.15, 0.2) is 30.3 Å². The molecule has 0 heterocycles. The van der Waals surface area contributed by atoms with E-state index >= 15 is 0 Å². The van der Waals surface area contributed by atoms with E-state index in [4.69, 9.17) is 4.74 Å². The first-order valence-electron chi connectivity index (χ1n) is 7.51. The molecule has 5 heteroatoms. The first-order chi connectivity index (χ1) is 10.1. The molecule has 124 valence electrons. The van der Waals surface area contributed by atoms with Gasteiger partial charge in [0.05, 0.1) is 33.8 Å². The fraction of sp³-hybridized carbons (Fsp3) is 0.588. The molecule has 1 rings (SSSR count). The van der Waals surface area contributed by atoms with Gasteiger partial charge in [0.1, 0.15) is 0 Å². The smallest absolute Gasteiger partial charge is 0.313 e. The number of rotatable bonds is 6. The van der Waals surface area contributed by atoms with Gasteiger partial charge in [-0.25, -0.2) is 8.93 Å². The summed E-state index contributed by atoms with van der Waals surface area (Å²) in [7, 11) is -1.29. The van der Waals surface area contributed by atoms with Crippen LogP contribution in [0, 0.1) is 5.41 Å². The van der Waals surface area contributed by atoms with Crippen molar-refractivity contribution in [2.75, 3.05) is 6.61 Å². The Morgan fingerprint density at radius 3 is 2.18 bits per heavy atom. The molecule has 0 saturated heterocycles. The van der Waals surface area contributed by atoms with Crippen LogP contribution in [-0.4, -0.2) is 21.5 Å². The topological polar surface area (TPSA) is 55.4 Å². The second kappa shape index (κ2) is 7.38. The number of carbonyl (C=O) groups is 1. The van der Waals surface area contributed by atoms with E-state index in [1.54, 1.807) is 6.92 Å². The predicted molar refractivity (Wildman–Crippen MR) is 90.6 cm³/mol. The van der Waals surface area contributed by atoms with Gasteiger partial charge in [-0.15, -0.1) is 0 Å². The average Bonchev–Trinajstić information content (AvgIpc) is 2.44. The zero-order valence-electron chi connectivity index (χ0n) is 14.3. The lowest BCUT2D eigenvalue weighted by Gasteiger charge is -2.34. The Morgan fingerprint density at radius 2 is 1.73 bits per heavy atom. The summed E-state index contributed by atoms with van der Waals surface area (Å²) >= 11 is 0. The maximum atomic E-state index is 12.5. The first kappa shape index (κ1) is 18.8. The highest BCUT2D eigenvalue weighted by molar-refractivity contribution is 7.84. The summed E-state index contributed by atoms with van der Waals surface area (Å²) in [6.07, 6.45) is 0. The Hall–Kier alpha value is -1.20. The molecule has 1 aromatic rings. The molecule has 1 unspecified atom stereocenters. The Bertz CT molecular complexity index is 520. The molecule has 0 saturated carbocycles. The van der Waals surface area contributed by atoms with Crippen molar-refractivity contribution in [3.8, 4) is 0 Å². The molecule has 0 aromatic heterocycles. The third-order valence-corrected chi connectivity index (χ3v) is 5.00. The molecule has 0 spiro atoms. The van der Waals surface area contributed by atoms with Crippen LogP contribution in [0.3, 0.4) is 0 Å². The lowest BCUT2D eigenvalue weighted by atomic mass is 9.81. The highest BCUT2D eigenvalue weighted by atomic mass is 32.2. The number of esters is 1. The van der Waals surface area contributed by atoms with Gasteiger partial charge in [0.25, 0.3) is 0 Å². The Labute approximate surface area is 136 Å². The maximum Gasteiger partial charge on any atom is 0.313 e. The molecule has 2 atom stereocenters. The van der Waals surface area contributed by atoms with E-state index < -0.39 is 27.2 Å². The summed E-state index contributed by atoms with van der Waals surface area (Å²) in [6, 6.07) is 9.19. The summed E-state index contributed by atoms with van der Waals surface area (Å²) in [4.78, 5) is 12.3. The summed E-state index contributed by atoms with van der Waals surface area (Å²) in [5.74, 6) is -0.303. The number of ether oxygens (including phenoxy) is 1. The number of hydrogen-bond donors (Lipinski definition) is 1. The maximum absolute atomic E-state index is 12.5. The zero-order valence-corrected chi connectivity index (χ0v) is 15.1. The number of hydrogen-bond acceptors (Lipinski definition) is 3. The normalized spacial score (nSPS) is 15.2. The number of benzene rings is 1. The Morgan fingerprint density at radius 1 is 1.18 bits per heavy atom. The van der Waals surface area contributed by atoms with Crippen LogP contribution < -0.4 is 4.72 Å². The SMILES string of the molecule is CCOC(=O)C(C)(C)[C@H](NS(=O)C(C)(C)C)c1ccccc1. The van der Waals surface area contributed by atoms with Crippen LogP contribution in [0.2, 0.25) is 0 Å². The van der Waals surface area contributed by atoms with E-state index in [0.29, 0.717) is 6.61 Å². The van der Waals surface area contributed by atoms with Crippen molar-refractivity contribution in [1.29, 1.82) is 0 Å². The summed E-state index contributed by atoms with van der Waals surface area (Å²) in [5, 5.41) is 0. The lowest BCUT2D eigenvalue weighted by molar-refractivity contribution is -0.155. The van der Waals surface area contributed by atoms with Crippen LogP contribution in [0.5, 0.6) is 0 Å². The van der Waals surface area contributed by atoms with Crippen molar-refractivity contribution in [2.45, 2.75) is 52.3 Å². The number of carbonyl (C=O) groups excluding carboxylic acids is 1. The molecular weight excluding hydrogens is 298 g/mol. The summed E-state index contributed by atoms with van der Waals surface area (Å²) < 4.78 is 20.4. The van der Waals surface area contributed by atoms with E-state index in [9.17, 15) is 9.00 Å². The molecule has 1 N–H and O–H groups in total. The Balaban J connectivity index is 3.18. The van der Waals surface area contributed by atoms with Gasteiger partial charge >= 0.3 is 5.97 Å². The second-order valence-corrected chi connectivity index (χ2v) is 8.78. The molecule has 0 aliphatic heterocycles. The quantitative estimate of drug-likeness (QED) is 0.816. The predicted octanol–water partition coefficient (Wildman–Crippen LogP) is 3.37. The van der Waals surface area contributed by atoms with Crippen LogP contribution in [0.25, 0.3) is 0 Å². The van der Waals surface area contributed by atoms with E-state index in [1.165, 1.54) is 0 Å². The van der Waals surface area contributed by atoms with Crippen molar-refractivity contribution in [3.05, 3.63) is 35.9 Å². The number of nitrogens with one attached hydrogen (secondary N) is 1. The minimum absolute atomic E-state index is 0.303. The monoisotopic (exact) mass is 325 g/mol. The molecule has 0 radical (unpaired) electrons. The van der Waals surface area contributed by atoms with Crippen LogP contribution >= 0.6 is 0 Å². The molecule has 0 bridgehead atoms. The lowest BCUT2D eigenvalue weighted by Crippen LogP contribution is -2.45. The summed E-state index contributed by atoms with van der Waals surface area (Å²) in [5.41, 5.74) is 0.0799.